The topological polar surface area (TPSA) is 30.2 Å². The van der Waals surface area contributed by atoms with Crippen LogP contribution in [0.4, 0.5) is 0 Å². The Morgan fingerprint density at radius 2 is 1.65 bits per heavy atom. The first kappa shape index (κ1) is 13.6. The minimum Gasteiger partial charge on any atom is -0.422 e. The molecule has 3 aromatic rings. The zero-order valence-electron chi connectivity index (χ0n) is 10.3. The van der Waals surface area contributed by atoms with E-state index in [0.717, 1.165) is 16.5 Å². The number of hydrogen-bond donors (Lipinski definition) is 0. The Labute approximate surface area is 132 Å². The first-order valence-corrected chi connectivity index (χ1v) is 7.90. The highest BCUT2D eigenvalue weighted by molar-refractivity contribution is 9.24. The van der Waals surface area contributed by atoms with Gasteiger partial charge in [0.05, 0.1) is 9.12 Å². The number of fused-ring (bicyclic) bond motifs is 1. The second-order valence-corrected chi connectivity index (χ2v) is 7.43. The summed E-state index contributed by atoms with van der Waals surface area (Å²) < 4.78 is 5.42. The van der Waals surface area contributed by atoms with Crippen molar-refractivity contribution in [1.29, 1.82) is 0 Å². The van der Waals surface area contributed by atoms with Gasteiger partial charge in [-0.05, 0) is 23.1 Å². The van der Waals surface area contributed by atoms with Crippen LogP contribution in [0.2, 0.25) is 0 Å². The SMILES string of the molecule is O=c1oc(-c2ccccc2)cc2c(C(Br)Br)cccc12. The first-order chi connectivity index (χ1) is 9.66. The Morgan fingerprint density at radius 1 is 0.900 bits per heavy atom. The van der Waals surface area contributed by atoms with E-state index in [1.54, 1.807) is 6.07 Å². The number of benzene rings is 2. The molecule has 0 aliphatic heterocycles. The van der Waals surface area contributed by atoms with E-state index in [0.29, 0.717) is 11.1 Å². The zero-order valence-corrected chi connectivity index (χ0v) is 13.5. The highest BCUT2D eigenvalue weighted by Crippen LogP contribution is 2.35. The third kappa shape index (κ3) is 2.45. The van der Waals surface area contributed by atoms with Crippen molar-refractivity contribution in [3.8, 4) is 11.3 Å². The molecular weight excluding hydrogens is 384 g/mol. The van der Waals surface area contributed by atoms with Gasteiger partial charge in [-0.25, -0.2) is 4.79 Å². The molecule has 0 N–H and O–H groups in total. The molecule has 20 heavy (non-hydrogen) atoms. The second-order valence-electron chi connectivity index (χ2n) is 4.37. The third-order valence-electron chi connectivity index (χ3n) is 3.13. The maximum Gasteiger partial charge on any atom is 0.344 e. The van der Waals surface area contributed by atoms with E-state index in [9.17, 15) is 4.79 Å². The maximum absolute atomic E-state index is 12.2. The van der Waals surface area contributed by atoms with Gasteiger partial charge < -0.3 is 4.42 Å². The van der Waals surface area contributed by atoms with Crippen molar-refractivity contribution in [2.45, 2.75) is 3.74 Å². The Morgan fingerprint density at radius 3 is 2.35 bits per heavy atom. The summed E-state index contributed by atoms with van der Waals surface area (Å²) in [5.74, 6) is 0.580. The molecule has 0 spiro atoms. The summed E-state index contributed by atoms with van der Waals surface area (Å²) >= 11 is 6.99. The predicted octanol–water partition coefficient (Wildman–Crippen LogP) is 5.25. The van der Waals surface area contributed by atoms with Crippen molar-refractivity contribution in [3.63, 3.8) is 0 Å². The van der Waals surface area contributed by atoms with E-state index < -0.39 is 0 Å². The quantitative estimate of drug-likeness (QED) is 0.556. The zero-order chi connectivity index (χ0) is 14.1. The van der Waals surface area contributed by atoms with Gasteiger partial charge in [-0.3, -0.25) is 0 Å². The van der Waals surface area contributed by atoms with E-state index in [-0.39, 0.29) is 9.36 Å². The average Bonchev–Trinajstić information content (AvgIpc) is 2.47. The van der Waals surface area contributed by atoms with E-state index in [4.69, 9.17) is 4.42 Å². The molecule has 0 radical (unpaired) electrons. The number of alkyl halides is 2. The van der Waals surface area contributed by atoms with Crippen molar-refractivity contribution in [2.24, 2.45) is 0 Å². The van der Waals surface area contributed by atoms with Crippen LogP contribution in [0.5, 0.6) is 0 Å². The van der Waals surface area contributed by atoms with Gasteiger partial charge in [0.15, 0.2) is 0 Å². The van der Waals surface area contributed by atoms with Crippen LogP contribution < -0.4 is 5.63 Å². The molecule has 0 aliphatic rings. The molecule has 2 aromatic carbocycles. The monoisotopic (exact) mass is 392 g/mol. The Hall–Kier alpha value is -1.39. The third-order valence-corrected chi connectivity index (χ3v) is 4.12. The van der Waals surface area contributed by atoms with Crippen LogP contribution in [0.1, 0.15) is 9.30 Å². The normalized spacial score (nSPS) is 11.2. The lowest BCUT2D eigenvalue weighted by Gasteiger charge is -2.08. The number of rotatable bonds is 2. The van der Waals surface area contributed by atoms with Gasteiger partial charge in [0, 0.05) is 5.56 Å². The van der Waals surface area contributed by atoms with Gasteiger partial charge >= 0.3 is 5.63 Å². The predicted molar refractivity (Wildman–Crippen MR) is 88.5 cm³/mol. The molecule has 3 rings (SSSR count). The van der Waals surface area contributed by atoms with Crippen molar-refractivity contribution in [2.75, 3.05) is 0 Å². The van der Waals surface area contributed by atoms with Crippen molar-refractivity contribution in [1.82, 2.24) is 0 Å². The maximum atomic E-state index is 12.2. The summed E-state index contributed by atoms with van der Waals surface area (Å²) in [7, 11) is 0. The summed E-state index contributed by atoms with van der Waals surface area (Å²) in [4.78, 5) is 12.2. The highest BCUT2D eigenvalue weighted by atomic mass is 79.9. The number of halogens is 2. The van der Waals surface area contributed by atoms with Crippen molar-refractivity contribution in [3.05, 3.63) is 70.6 Å². The molecule has 0 bridgehead atoms. The fourth-order valence-corrected chi connectivity index (χ4v) is 2.97. The standard InChI is InChI=1S/C16H10Br2O2/c17-15(18)11-7-4-8-12-13(11)9-14(20-16(12)19)10-5-2-1-3-6-10/h1-9,15H. The summed E-state index contributed by atoms with van der Waals surface area (Å²) in [6.07, 6.45) is 0. The number of hydrogen-bond acceptors (Lipinski definition) is 2. The average molecular weight is 394 g/mol. The Kier molecular flexibility index (Phi) is 3.76. The minimum absolute atomic E-state index is 0.0101. The van der Waals surface area contributed by atoms with E-state index >= 15 is 0 Å². The Bertz CT molecular complexity index is 808. The minimum atomic E-state index is -0.316. The molecule has 0 fully saturated rings. The lowest BCUT2D eigenvalue weighted by Crippen LogP contribution is -2.01. The van der Waals surface area contributed by atoms with Gasteiger partial charge in [-0.1, -0.05) is 74.3 Å². The van der Waals surface area contributed by atoms with Crippen LogP contribution in [0.3, 0.4) is 0 Å². The summed E-state index contributed by atoms with van der Waals surface area (Å²) in [5, 5.41) is 1.48. The molecule has 0 aliphatic carbocycles. The van der Waals surface area contributed by atoms with Crippen LogP contribution in [0.25, 0.3) is 22.1 Å². The van der Waals surface area contributed by atoms with Gasteiger partial charge in [0.1, 0.15) is 5.76 Å². The Balaban J connectivity index is 2.33. The van der Waals surface area contributed by atoms with Gasteiger partial charge in [0.25, 0.3) is 0 Å². The summed E-state index contributed by atoms with van der Waals surface area (Å²) in [6, 6.07) is 17.1. The molecule has 0 atom stereocenters. The summed E-state index contributed by atoms with van der Waals surface area (Å²) in [6.45, 7) is 0. The molecule has 1 heterocycles. The van der Waals surface area contributed by atoms with Crippen LogP contribution in [0, 0.1) is 0 Å². The van der Waals surface area contributed by atoms with Crippen LogP contribution in [-0.4, -0.2) is 0 Å². The van der Waals surface area contributed by atoms with Crippen LogP contribution in [0.15, 0.2) is 63.8 Å². The lowest BCUT2D eigenvalue weighted by molar-refractivity contribution is 0.534. The molecule has 0 saturated heterocycles. The van der Waals surface area contributed by atoms with Crippen LogP contribution in [-0.2, 0) is 0 Å². The fourth-order valence-electron chi connectivity index (χ4n) is 2.17. The largest absolute Gasteiger partial charge is 0.422 e. The van der Waals surface area contributed by atoms with Crippen LogP contribution >= 0.6 is 31.9 Å². The molecule has 0 saturated carbocycles. The smallest absolute Gasteiger partial charge is 0.344 e. The highest BCUT2D eigenvalue weighted by Gasteiger charge is 2.12. The van der Waals surface area contributed by atoms with E-state index in [2.05, 4.69) is 31.9 Å². The molecule has 4 heteroatoms. The fraction of sp³-hybridized carbons (Fsp3) is 0.0625. The van der Waals surface area contributed by atoms with Gasteiger partial charge in [-0.15, -0.1) is 0 Å². The van der Waals surface area contributed by atoms with Crippen molar-refractivity contribution < 1.29 is 4.42 Å². The molecule has 1 aromatic heterocycles. The van der Waals surface area contributed by atoms with Gasteiger partial charge in [-0.2, -0.15) is 0 Å². The molecule has 100 valence electrons. The van der Waals surface area contributed by atoms with Crippen molar-refractivity contribution >= 4 is 42.6 Å². The lowest BCUT2D eigenvalue weighted by atomic mass is 10.1. The first-order valence-electron chi connectivity index (χ1n) is 6.07. The molecule has 0 unspecified atom stereocenters. The second kappa shape index (κ2) is 5.54. The van der Waals surface area contributed by atoms with E-state index in [1.165, 1.54) is 0 Å². The van der Waals surface area contributed by atoms with E-state index in [1.807, 2.05) is 48.5 Å². The summed E-state index contributed by atoms with van der Waals surface area (Å²) in [5.41, 5.74) is 1.58. The molecular formula is C16H10Br2O2. The van der Waals surface area contributed by atoms with Gasteiger partial charge in [0.2, 0.25) is 0 Å². The molecule has 2 nitrogen and oxygen atoms in total. The molecule has 0 amide bonds.